The number of carbonyl (C=O) groups is 3. The van der Waals surface area contributed by atoms with Gasteiger partial charge >= 0.3 is 17.9 Å². The van der Waals surface area contributed by atoms with E-state index in [4.69, 9.17) is 30.9 Å². The van der Waals surface area contributed by atoms with Crippen LogP contribution in [0.1, 0.15) is 37.0 Å². The first-order valence-electron chi connectivity index (χ1n) is 14.5. The Morgan fingerprint density at radius 1 is 0.867 bits per heavy atom. The summed E-state index contributed by atoms with van der Waals surface area (Å²) in [6.07, 6.45) is -2.61. The van der Waals surface area contributed by atoms with E-state index < -0.39 is 24.1 Å². The minimum absolute atomic E-state index is 0.279. The third kappa shape index (κ3) is 12.1. The number of carbonyl (C=O) groups excluding carboxylic acids is 1. The van der Waals surface area contributed by atoms with Crippen LogP contribution in [0.25, 0.3) is 0 Å². The maximum absolute atomic E-state index is 11.4. The molecule has 0 spiro atoms. The van der Waals surface area contributed by atoms with Crippen LogP contribution in [-0.2, 0) is 14.3 Å². The average Bonchev–Trinajstić information content (AvgIpc) is 3.00. The van der Waals surface area contributed by atoms with Crippen LogP contribution in [0.3, 0.4) is 0 Å². The number of esters is 1. The van der Waals surface area contributed by atoms with Gasteiger partial charge in [0.25, 0.3) is 0 Å². The molecule has 0 aromatic heterocycles. The SMILES string of the molecule is CC(CN(C)C)CN1c2ccccc2Sc2ccccc21.CCCCOC(=O)c1ccc(N)cc1.O=C(O)C(O)C(O)C(=O)O. The molecule has 0 radical (unpaired) electrons. The molecule has 1 aliphatic rings. The zero-order valence-corrected chi connectivity index (χ0v) is 26.8. The molecule has 0 saturated carbocycles. The average molecular weight is 642 g/mol. The molecular formula is C33H43N3O8S. The fraction of sp³-hybridized carbons (Fsp3) is 0.364. The molecule has 0 fully saturated rings. The number of aliphatic carboxylic acids is 2. The molecule has 4 rings (SSSR count). The smallest absolute Gasteiger partial charge is 0.338 e. The minimum atomic E-state index is -2.27. The molecule has 11 nitrogen and oxygen atoms in total. The predicted molar refractivity (Wildman–Crippen MR) is 175 cm³/mol. The number of anilines is 3. The van der Waals surface area contributed by atoms with Gasteiger partial charge in [0, 0.05) is 28.6 Å². The van der Waals surface area contributed by atoms with Crippen molar-refractivity contribution in [3.05, 3.63) is 78.4 Å². The topological polar surface area (TPSA) is 174 Å². The van der Waals surface area contributed by atoms with Crippen molar-refractivity contribution in [3.8, 4) is 0 Å². The second-order valence-electron chi connectivity index (χ2n) is 10.7. The first kappa shape index (κ1) is 37.1. The summed E-state index contributed by atoms with van der Waals surface area (Å²) < 4.78 is 5.03. The first-order valence-corrected chi connectivity index (χ1v) is 15.3. The normalized spacial score (nSPS) is 13.4. The molecule has 1 heterocycles. The molecule has 1 aliphatic heterocycles. The van der Waals surface area contributed by atoms with E-state index in [-0.39, 0.29) is 5.97 Å². The number of aliphatic hydroxyl groups is 2. The van der Waals surface area contributed by atoms with E-state index in [1.165, 1.54) is 21.2 Å². The van der Waals surface area contributed by atoms with E-state index >= 15 is 0 Å². The quantitative estimate of drug-likeness (QED) is 0.112. The Kier molecular flexibility index (Phi) is 15.4. The van der Waals surface area contributed by atoms with Crippen molar-refractivity contribution in [1.82, 2.24) is 4.90 Å². The molecule has 45 heavy (non-hydrogen) atoms. The molecule has 3 unspecified atom stereocenters. The van der Waals surface area contributed by atoms with Crippen molar-refractivity contribution in [2.75, 3.05) is 44.4 Å². The monoisotopic (exact) mass is 641 g/mol. The summed E-state index contributed by atoms with van der Waals surface area (Å²) in [4.78, 5) is 38.4. The third-order valence-corrected chi connectivity index (χ3v) is 7.52. The van der Waals surface area contributed by atoms with Crippen LogP contribution in [0.5, 0.6) is 0 Å². The number of fused-ring (bicyclic) bond motifs is 2. The van der Waals surface area contributed by atoms with E-state index in [1.54, 1.807) is 24.3 Å². The highest BCUT2D eigenvalue weighted by Crippen LogP contribution is 2.47. The number of carboxylic acids is 2. The summed E-state index contributed by atoms with van der Waals surface area (Å²) >= 11 is 1.88. The zero-order valence-electron chi connectivity index (χ0n) is 26.0. The number of benzene rings is 3. The number of aliphatic hydroxyl groups excluding tert-OH is 2. The van der Waals surface area contributed by atoms with Crippen molar-refractivity contribution in [3.63, 3.8) is 0 Å². The Balaban J connectivity index is 0.000000256. The number of hydrogen-bond acceptors (Lipinski definition) is 10. The summed E-state index contributed by atoms with van der Waals surface area (Å²) in [5, 5.41) is 32.5. The number of rotatable bonds is 11. The van der Waals surface area contributed by atoms with Crippen molar-refractivity contribution in [2.24, 2.45) is 5.92 Å². The number of nitrogens with two attached hydrogens (primary N) is 1. The number of unbranched alkanes of at least 4 members (excludes halogenated alkanes) is 1. The molecule has 3 aromatic rings. The van der Waals surface area contributed by atoms with Gasteiger partial charge in [0.1, 0.15) is 0 Å². The van der Waals surface area contributed by atoms with Gasteiger partial charge in [-0.3, -0.25) is 0 Å². The second kappa shape index (κ2) is 18.6. The first-order chi connectivity index (χ1) is 21.3. The predicted octanol–water partition coefficient (Wildman–Crippen LogP) is 4.59. The van der Waals surface area contributed by atoms with Gasteiger partial charge in [0.15, 0.2) is 12.2 Å². The Labute approximate surface area is 268 Å². The second-order valence-corrected chi connectivity index (χ2v) is 11.8. The van der Waals surface area contributed by atoms with Crippen LogP contribution in [0.15, 0.2) is 82.6 Å². The largest absolute Gasteiger partial charge is 0.479 e. The molecule has 12 heteroatoms. The van der Waals surface area contributed by atoms with Crippen LogP contribution in [-0.4, -0.2) is 89.2 Å². The number of hydrogen-bond donors (Lipinski definition) is 5. The minimum Gasteiger partial charge on any atom is -0.479 e. The van der Waals surface area contributed by atoms with E-state index in [1.807, 2.05) is 11.8 Å². The van der Waals surface area contributed by atoms with Gasteiger partial charge in [0.05, 0.1) is 23.5 Å². The fourth-order valence-electron chi connectivity index (χ4n) is 4.25. The number of nitrogens with zero attached hydrogens (tertiary/aromatic N) is 2. The molecule has 0 saturated heterocycles. The van der Waals surface area contributed by atoms with Crippen molar-refractivity contribution >= 4 is 46.7 Å². The maximum atomic E-state index is 11.4. The lowest BCUT2D eigenvalue weighted by Gasteiger charge is -2.35. The van der Waals surface area contributed by atoms with Gasteiger partial charge in [-0.05, 0) is 75.0 Å². The van der Waals surface area contributed by atoms with Gasteiger partial charge < -0.3 is 40.7 Å². The molecule has 6 N–H and O–H groups in total. The van der Waals surface area contributed by atoms with Crippen LogP contribution in [0, 0.1) is 5.92 Å². The highest BCUT2D eigenvalue weighted by Gasteiger charge is 2.29. The van der Waals surface area contributed by atoms with Gasteiger partial charge in [-0.2, -0.15) is 0 Å². The lowest BCUT2D eigenvalue weighted by atomic mass is 10.1. The van der Waals surface area contributed by atoms with Crippen LogP contribution in [0.4, 0.5) is 17.1 Å². The Bertz CT molecular complexity index is 1320. The fourth-order valence-corrected chi connectivity index (χ4v) is 5.35. The van der Waals surface area contributed by atoms with Crippen molar-refractivity contribution in [1.29, 1.82) is 0 Å². The summed E-state index contributed by atoms with van der Waals surface area (Å²) in [6, 6.07) is 24.2. The molecule has 244 valence electrons. The van der Waals surface area contributed by atoms with Crippen molar-refractivity contribution < 1.29 is 39.5 Å². The highest BCUT2D eigenvalue weighted by atomic mass is 32.2. The lowest BCUT2D eigenvalue weighted by Crippen LogP contribution is -2.39. The van der Waals surface area contributed by atoms with E-state index in [9.17, 15) is 14.4 Å². The highest BCUT2D eigenvalue weighted by molar-refractivity contribution is 7.99. The molecule has 3 atom stereocenters. The van der Waals surface area contributed by atoms with Crippen LogP contribution >= 0.6 is 11.8 Å². The molecule has 3 aromatic carbocycles. The Hall–Kier alpha value is -4.10. The number of para-hydroxylation sites is 2. The summed E-state index contributed by atoms with van der Waals surface area (Å²) in [7, 11) is 4.29. The Morgan fingerprint density at radius 3 is 1.80 bits per heavy atom. The Morgan fingerprint density at radius 2 is 1.36 bits per heavy atom. The number of nitrogen functional groups attached to an aromatic ring is 1. The lowest BCUT2D eigenvalue weighted by molar-refractivity contribution is -0.165. The van der Waals surface area contributed by atoms with Gasteiger partial charge in [0.2, 0.25) is 0 Å². The maximum Gasteiger partial charge on any atom is 0.338 e. The molecule has 0 aliphatic carbocycles. The third-order valence-electron chi connectivity index (χ3n) is 6.39. The number of ether oxygens (including phenoxy) is 1. The van der Waals surface area contributed by atoms with Crippen LogP contribution in [0.2, 0.25) is 0 Å². The molecule has 0 bridgehead atoms. The van der Waals surface area contributed by atoms with Crippen LogP contribution < -0.4 is 10.6 Å². The van der Waals surface area contributed by atoms with Gasteiger partial charge in [-0.25, -0.2) is 14.4 Å². The molecule has 0 amide bonds. The van der Waals surface area contributed by atoms with E-state index in [2.05, 4.69) is 86.3 Å². The van der Waals surface area contributed by atoms with E-state index in [0.29, 0.717) is 23.8 Å². The van der Waals surface area contributed by atoms with Crippen molar-refractivity contribution in [2.45, 2.75) is 48.7 Å². The summed E-state index contributed by atoms with van der Waals surface area (Å²) in [6.45, 7) is 7.02. The summed E-state index contributed by atoms with van der Waals surface area (Å²) in [5.74, 6) is -3.20. The van der Waals surface area contributed by atoms with Gasteiger partial charge in [-0.15, -0.1) is 0 Å². The van der Waals surface area contributed by atoms with Gasteiger partial charge in [-0.1, -0.05) is 56.3 Å². The zero-order chi connectivity index (χ0) is 33.5. The van der Waals surface area contributed by atoms with E-state index in [0.717, 1.165) is 25.9 Å². The number of carboxylic acid groups (broad SMARTS) is 2. The summed E-state index contributed by atoms with van der Waals surface area (Å²) in [5.41, 5.74) is 9.38. The molecular weight excluding hydrogens is 598 g/mol. The standard InChI is InChI=1S/C18H22N2S.C11H15NO2.C4H6O6/c1-14(12-19(2)3)13-20-15-8-4-6-10-17(15)21-18-11-7-5-9-16(18)20;1-2-3-8-14-11(13)9-4-6-10(12)7-5-9;5-1(3(7)8)2(6)4(9)10/h4-11,14H,12-13H2,1-3H3;4-7H,2-3,8,12H2,1H3;1-2,5-6H,(H,7,8)(H,9,10).